The molecule has 6 heteroatoms. The Morgan fingerprint density at radius 3 is 2.82 bits per heavy atom. The molecule has 0 radical (unpaired) electrons. The van der Waals surface area contributed by atoms with Crippen LogP contribution in [0.5, 0.6) is 5.75 Å². The van der Waals surface area contributed by atoms with Gasteiger partial charge in [0.2, 0.25) is 0 Å². The number of rotatable bonds is 7. The summed E-state index contributed by atoms with van der Waals surface area (Å²) in [5.41, 5.74) is 1.75. The second kappa shape index (κ2) is 10.3. The SMILES string of the molecule is CC#CCOC[C@H]1CCc2sc3nccc(O[C@H]4CC[C@](CC)(N5CCOCC5)CC4)c3c21. The van der Waals surface area contributed by atoms with E-state index in [9.17, 15) is 0 Å². The van der Waals surface area contributed by atoms with Crippen LogP contribution in [0, 0.1) is 11.8 Å². The first-order valence-corrected chi connectivity index (χ1v) is 13.4. The van der Waals surface area contributed by atoms with E-state index in [1.807, 2.05) is 24.5 Å². The van der Waals surface area contributed by atoms with Crippen LogP contribution in [0.2, 0.25) is 0 Å². The van der Waals surface area contributed by atoms with Crippen LogP contribution in [0.1, 0.15) is 68.7 Å². The molecule has 5 rings (SSSR count). The van der Waals surface area contributed by atoms with Crippen molar-refractivity contribution in [1.29, 1.82) is 0 Å². The molecule has 0 unspecified atom stereocenters. The van der Waals surface area contributed by atoms with E-state index in [1.54, 1.807) is 0 Å². The van der Waals surface area contributed by atoms with Gasteiger partial charge in [0.05, 0.1) is 31.3 Å². The second-order valence-electron chi connectivity index (χ2n) is 9.60. The summed E-state index contributed by atoms with van der Waals surface area (Å²) in [7, 11) is 0. The minimum Gasteiger partial charge on any atom is -0.490 e. The molecule has 0 aromatic carbocycles. The highest BCUT2D eigenvalue weighted by molar-refractivity contribution is 7.19. The maximum absolute atomic E-state index is 6.73. The predicted octanol–water partition coefficient (Wildman–Crippen LogP) is 5.17. The average Bonchev–Trinajstić information content (AvgIpc) is 3.43. The summed E-state index contributed by atoms with van der Waals surface area (Å²) in [5, 5.41) is 1.24. The van der Waals surface area contributed by atoms with Gasteiger partial charge in [0.15, 0.2) is 0 Å². The maximum atomic E-state index is 6.73. The summed E-state index contributed by atoms with van der Waals surface area (Å²) < 4.78 is 18.2. The molecule has 33 heavy (non-hydrogen) atoms. The number of ether oxygens (including phenoxy) is 3. The van der Waals surface area contributed by atoms with E-state index in [0.717, 1.165) is 69.2 Å². The van der Waals surface area contributed by atoms with Gasteiger partial charge in [-0.05, 0) is 63.5 Å². The molecule has 2 fully saturated rings. The molecule has 2 aliphatic carbocycles. The standard InChI is InChI=1S/C27H36N2O3S/c1-3-5-16-31-19-20-6-7-23-24(20)25-22(10-13-28-26(25)33-23)32-21-8-11-27(4-2,12-9-21)29-14-17-30-18-15-29/h10,13,20-21H,4,6-9,11-12,14-19H2,1-2H3/t20-,21-,27-/m1/s1. The fourth-order valence-electron chi connectivity index (χ4n) is 6.08. The van der Waals surface area contributed by atoms with E-state index in [-0.39, 0.29) is 6.10 Å². The van der Waals surface area contributed by atoms with Crippen molar-refractivity contribution < 1.29 is 14.2 Å². The third kappa shape index (κ3) is 4.66. The summed E-state index contributed by atoms with van der Waals surface area (Å²) in [6, 6.07) is 2.08. The zero-order valence-electron chi connectivity index (χ0n) is 20.0. The van der Waals surface area contributed by atoms with Crippen molar-refractivity contribution in [1.82, 2.24) is 9.88 Å². The molecule has 5 nitrogen and oxygen atoms in total. The van der Waals surface area contributed by atoms with E-state index in [0.29, 0.717) is 18.1 Å². The molecule has 0 amide bonds. The summed E-state index contributed by atoms with van der Waals surface area (Å²) in [4.78, 5) is 9.96. The quantitative estimate of drug-likeness (QED) is 0.414. The van der Waals surface area contributed by atoms with E-state index in [1.165, 1.54) is 35.1 Å². The minimum atomic E-state index is 0.280. The number of fused-ring (bicyclic) bond motifs is 3. The number of hydrogen-bond donors (Lipinski definition) is 0. The minimum absolute atomic E-state index is 0.280. The van der Waals surface area contributed by atoms with Crippen molar-refractivity contribution in [3.05, 3.63) is 22.7 Å². The summed E-state index contributed by atoms with van der Waals surface area (Å²) in [6.07, 6.45) is 10.3. The molecule has 0 N–H and O–H groups in total. The Balaban J connectivity index is 1.30. The van der Waals surface area contributed by atoms with Gasteiger partial charge in [-0.2, -0.15) is 0 Å². The monoisotopic (exact) mass is 468 g/mol. The van der Waals surface area contributed by atoms with Gasteiger partial charge in [0, 0.05) is 35.6 Å². The van der Waals surface area contributed by atoms with E-state index >= 15 is 0 Å². The molecule has 1 saturated carbocycles. The topological polar surface area (TPSA) is 43.8 Å². The first kappa shape index (κ1) is 23.1. The van der Waals surface area contributed by atoms with Crippen LogP contribution in [-0.4, -0.2) is 61.0 Å². The Morgan fingerprint density at radius 1 is 1.24 bits per heavy atom. The van der Waals surface area contributed by atoms with Crippen LogP contribution in [0.25, 0.3) is 10.2 Å². The highest BCUT2D eigenvalue weighted by atomic mass is 32.1. The summed E-state index contributed by atoms with van der Waals surface area (Å²) >= 11 is 1.84. The Hall–Kier alpha value is -1.65. The lowest BCUT2D eigenvalue weighted by Crippen LogP contribution is -2.55. The van der Waals surface area contributed by atoms with Crippen LogP contribution in [0.15, 0.2) is 12.3 Å². The van der Waals surface area contributed by atoms with Crippen LogP contribution in [-0.2, 0) is 15.9 Å². The van der Waals surface area contributed by atoms with Gasteiger partial charge in [-0.25, -0.2) is 4.98 Å². The summed E-state index contributed by atoms with van der Waals surface area (Å²) in [5.74, 6) is 7.36. The highest BCUT2D eigenvalue weighted by Gasteiger charge is 2.40. The Morgan fingerprint density at radius 2 is 2.06 bits per heavy atom. The van der Waals surface area contributed by atoms with Crippen molar-refractivity contribution >= 4 is 21.6 Å². The van der Waals surface area contributed by atoms with Crippen LogP contribution in [0.3, 0.4) is 0 Å². The molecular formula is C27H36N2O3S. The Bertz CT molecular complexity index is 1010. The molecule has 1 aliphatic heterocycles. The lowest BCUT2D eigenvalue weighted by Gasteiger charge is -2.49. The molecule has 0 bridgehead atoms. The molecule has 1 atom stereocenters. The molecule has 3 heterocycles. The maximum Gasteiger partial charge on any atom is 0.131 e. The summed E-state index contributed by atoms with van der Waals surface area (Å²) in [6.45, 7) is 9.32. The fraction of sp³-hybridized carbons (Fsp3) is 0.667. The lowest BCUT2D eigenvalue weighted by atomic mass is 9.77. The van der Waals surface area contributed by atoms with Gasteiger partial charge in [-0.15, -0.1) is 17.3 Å². The van der Waals surface area contributed by atoms with E-state index in [2.05, 4.69) is 29.7 Å². The van der Waals surface area contributed by atoms with Crippen molar-refractivity contribution in [3.63, 3.8) is 0 Å². The molecule has 1 saturated heterocycles. The van der Waals surface area contributed by atoms with E-state index < -0.39 is 0 Å². The van der Waals surface area contributed by atoms with Gasteiger partial charge in [-0.3, -0.25) is 4.90 Å². The molecular weight excluding hydrogens is 432 g/mol. The van der Waals surface area contributed by atoms with Gasteiger partial charge < -0.3 is 14.2 Å². The third-order valence-electron chi connectivity index (χ3n) is 7.96. The number of aryl methyl sites for hydroxylation is 1. The normalized spacial score (nSPS) is 27.8. The number of nitrogens with zero attached hydrogens (tertiary/aromatic N) is 2. The number of hydrogen-bond acceptors (Lipinski definition) is 6. The van der Waals surface area contributed by atoms with Crippen LogP contribution in [0.4, 0.5) is 0 Å². The van der Waals surface area contributed by atoms with Gasteiger partial charge in [0.25, 0.3) is 0 Å². The smallest absolute Gasteiger partial charge is 0.131 e. The molecule has 0 spiro atoms. The van der Waals surface area contributed by atoms with Crippen molar-refractivity contribution in [2.24, 2.45) is 0 Å². The lowest BCUT2D eigenvalue weighted by molar-refractivity contribution is -0.0510. The van der Waals surface area contributed by atoms with Gasteiger partial charge in [0.1, 0.15) is 17.2 Å². The fourth-order valence-corrected chi connectivity index (χ4v) is 7.33. The first-order chi connectivity index (χ1) is 16.2. The Kier molecular flexibility index (Phi) is 7.22. The largest absolute Gasteiger partial charge is 0.490 e. The number of aromatic nitrogens is 1. The van der Waals surface area contributed by atoms with Gasteiger partial charge in [-0.1, -0.05) is 12.8 Å². The third-order valence-corrected chi connectivity index (χ3v) is 9.14. The van der Waals surface area contributed by atoms with Crippen molar-refractivity contribution in [3.8, 4) is 17.6 Å². The number of thiophene rings is 1. The van der Waals surface area contributed by atoms with Gasteiger partial charge >= 0.3 is 0 Å². The molecule has 3 aliphatic rings. The second-order valence-corrected chi connectivity index (χ2v) is 10.7. The highest BCUT2D eigenvalue weighted by Crippen LogP contribution is 2.47. The Labute approximate surface area is 201 Å². The van der Waals surface area contributed by atoms with Crippen LogP contribution < -0.4 is 4.74 Å². The first-order valence-electron chi connectivity index (χ1n) is 12.6. The van der Waals surface area contributed by atoms with E-state index in [4.69, 9.17) is 19.2 Å². The predicted molar refractivity (Wildman–Crippen MR) is 133 cm³/mol. The van der Waals surface area contributed by atoms with Crippen molar-refractivity contribution in [2.45, 2.75) is 76.4 Å². The molecule has 2 aromatic heterocycles. The van der Waals surface area contributed by atoms with Crippen molar-refractivity contribution in [2.75, 3.05) is 39.5 Å². The number of pyridine rings is 1. The zero-order valence-corrected chi connectivity index (χ0v) is 20.8. The number of morpholine rings is 1. The van der Waals surface area contributed by atoms with Crippen LogP contribution >= 0.6 is 11.3 Å². The average molecular weight is 469 g/mol. The molecule has 2 aromatic rings. The molecule has 178 valence electrons. The zero-order chi connectivity index (χ0) is 22.7.